The molecule has 0 amide bonds. The van der Waals surface area contributed by atoms with Crippen molar-refractivity contribution in [3.05, 3.63) is 23.2 Å². The topological polar surface area (TPSA) is 63.2 Å². The van der Waals surface area contributed by atoms with Gasteiger partial charge in [0.1, 0.15) is 11.5 Å². The van der Waals surface area contributed by atoms with E-state index >= 15 is 0 Å². The molecular weight excluding hydrogens is 286 g/mol. The van der Waals surface area contributed by atoms with Crippen molar-refractivity contribution < 1.29 is 8.42 Å². The van der Waals surface area contributed by atoms with Crippen molar-refractivity contribution in [2.45, 2.75) is 38.1 Å². The van der Waals surface area contributed by atoms with E-state index in [0.717, 1.165) is 37.8 Å². The van der Waals surface area contributed by atoms with Crippen molar-refractivity contribution in [2.24, 2.45) is 0 Å². The molecule has 2 rings (SSSR count). The minimum Gasteiger partial charge on any atom is -0.241 e. The molecule has 7 heteroatoms. The zero-order valence-electron chi connectivity index (χ0n) is 10.9. The molecule has 1 saturated heterocycles. The molecule has 5 nitrogen and oxygen atoms in total. The lowest BCUT2D eigenvalue weighted by atomic mass is 9.99. The van der Waals surface area contributed by atoms with Crippen molar-refractivity contribution in [3.8, 4) is 0 Å². The van der Waals surface area contributed by atoms with E-state index in [2.05, 4.69) is 9.97 Å². The first kappa shape index (κ1) is 14.7. The van der Waals surface area contributed by atoms with Crippen molar-refractivity contribution in [2.75, 3.05) is 12.8 Å². The fourth-order valence-electron chi connectivity index (χ4n) is 2.52. The number of hydrogen-bond acceptors (Lipinski definition) is 4. The van der Waals surface area contributed by atoms with Crippen molar-refractivity contribution in [1.29, 1.82) is 0 Å². The zero-order valence-corrected chi connectivity index (χ0v) is 12.5. The highest BCUT2D eigenvalue weighted by molar-refractivity contribution is 7.88. The van der Waals surface area contributed by atoms with Gasteiger partial charge in [-0.15, -0.1) is 0 Å². The molecule has 0 saturated carbocycles. The molecule has 106 valence electrons. The van der Waals surface area contributed by atoms with Crippen LogP contribution in [0.3, 0.4) is 0 Å². The highest BCUT2D eigenvalue weighted by atomic mass is 35.5. The Bertz CT molecular complexity index is 536. The van der Waals surface area contributed by atoms with Gasteiger partial charge < -0.3 is 0 Å². The van der Waals surface area contributed by atoms with E-state index in [9.17, 15) is 8.42 Å². The maximum Gasteiger partial charge on any atom is 0.211 e. The molecular formula is C12H18ClN3O2S. The lowest BCUT2D eigenvalue weighted by Crippen LogP contribution is -2.43. The van der Waals surface area contributed by atoms with Crippen LogP contribution in [0.25, 0.3) is 0 Å². The quantitative estimate of drug-likeness (QED) is 0.797. The maximum absolute atomic E-state index is 11.7. The second-order valence-corrected chi connectivity index (χ2v) is 7.22. The number of nitrogens with zero attached hydrogens (tertiary/aromatic N) is 3. The molecule has 1 aliphatic rings. The zero-order chi connectivity index (χ0) is 13.9. The summed E-state index contributed by atoms with van der Waals surface area (Å²) in [5, 5.41) is 0.425. The Hall–Kier alpha value is -0.720. The van der Waals surface area contributed by atoms with Crippen LogP contribution in [0.5, 0.6) is 0 Å². The van der Waals surface area contributed by atoms with Crippen LogP contribution in [0.2, 0.25) is 5.15 Å². The molecule has 0 spiro atoms. The Morgan fingerprint density at radius 3 is 2.89 bits per heavy atom. The van der Waals surface area contributed by atoms with Crippen LogP contribution < -0.4 is 0 Å². The normalized spacial score (nSPS) is 21.5. The molecule has 1 fully saturated rings. The van der Waals surface area contributed by atoms with Gasteiger partial charge in [0.25, 0.3) is 0 Å². The van der Waals surface area contributed by atoms with Crippen LogP contribution in [-0.4, -0.2) is 41.5 Å². The molecule has 1 aromatic heterocycles. The number of halogens is 1. The lowest BCUT2D eigenvalue weighted by Gasteiger charge is -2.33. The van der Waals surface area contributed by atoms with E-state index in [1.807, 2.05) is 0 Å². The summed E-state index contributed by atoms with van der Waals surface area (Å²) in [4.78, 5) is 7.98. The van der Waals surface area contributed by atoms with Crippen LogP contribution in [0, 0.1) is 0 Å². The first-order valence-corrected chi connectivity index (χ1v) is 8.62. The molecule has 0 bridgehead atoms. The average molecular weight is 304 g/mol. The van der Waals surface area contributed by atoms with E-state index in [0.29, 0.717) is 11.7 Å². The highest BCUT2D eigenvalue weighted by Crippen LogP contribution is 2.23. The van der Waals surface area contributed by atoms with Gasteiger partial charge in [-0.1, -0.05) is 18.0 Å². The number of sulfonamides is 1. The number of piperidine rings is 1. The summed E-state index contributed by atoms with van der Waals surface area (Å²) in [5.74, 6) is 0. The Morgan fingerprint density at radius 2 is 2.21 bits per heavy atom. The lowest BCUT2D eigenvalue weighted by molar-refractivity contribution is 0.242. The summed E-state index contributed by atoms with van der Waals surface area (Å²) in [6.07, 6.45) is 7.18. The molecule has 1 aliphatic heterocycles. The van der Waals surface area contributed by atoms with Crippen LogP contribution in [-0.2, 0) is 16.4 Å². The van der Waals surface area contributed by atoms with Gasteiger partial charge in [-0.3, -0.25) is 0 Å². The summed E-state index contributed by atoms with van der Waals surface area (Å²) in [7, 11) is -3.11. The second kappa shape index (κ2) is 6.15. The Morgan fingerprint density at radius 1 is 1.42 bits per heavy atom. The largest absolute Gasteiger partial charge is 0.241 e. The highest BCUT2D eigenvalue weighted by Gasteiger charge is 2.28. The first-order valence-electron chi connectivity index (χ1n) is 6.40. The molecule has 0 N–H and O–H groups in total. The second-order valence-electron chi connectivity index (χ2n) is 4.89. The molecule has 1 unspecified atom stereocenters. The predicted octanol–water partition coefficient (Wildman–Crippen LogP) is 1.88. The van der Waals surface area contributed by atoms with Crippen molar-refractivity contribution >= 4 is 21.6 Å². The first-order chi connectivity index (χ1) is 8.97. The van der Waals surface area contributed by atoms with Gasteiger partial charge >= 0.3 is 0 Å². The summed E-state index contributed by atoms with van der Waals surface area (Å²) >= 11 is 5.81. The number of aryl methyl sites for hydroxylation is 1. The van der Waals surface area contributed by atoms with Gasteiger partial charge in [0.05, 0.1) is 6.26 Å². The summed E-state index contributed by atoms with van der Waals surface area (Å²) in [6.45, 7) is 0.633. The van der Waals surface area contributed by atoms with E-state index in [-0.39, 0.29) is 6.04 Å². The van der Waals surface area contributed by atoms with E-state index in [1.54, 1.807) is 10.4 Å². The van der Waals surface area contributed by atoms with Gasteiger partial charge in [-0.25, -0.2) is 18.4 Å². The molecule has 1 aromatic rings. The van der Waals surface area contributed by atoms with Gasteiger partial charge in [0, 0.05) is 18.3 Å². The summed E-state index contributed by atoms with van der Waals surface area (Å²) in [6, 6.07) is 1.81. The smallest absolute Gasteiger partial charge is 0.211 e. The number of hydrogen-bond donors (Lipinski definition) is 0. The SMILES string of the molecule is CS(=O)(=O)N1CCCCC1CCc1cc(Cl)ncn1. The van der Waals surface area contributed by atoms with Crippen LogP contribution in [0.1, 0.15) is 31.4 Å². The summed E-state index contributed by atoms with van der Waals surface area (Å²) < 4.78 is 25.1. The van der Waals surface area contributed by atoms with E-state index in [1.165, 1.54) is 12.6 Å². The Balaban J connectivity index is 2.01. The third-order valence-corrected chi connectivity index (χ3v) is 4.96. The Kier molecular flexibility index (Phi) is 4.76. The molecule has 2 heterocycles. The minimum absolute atomic E-state index is 0.0810. The fraction of sp³-hybridized carbons (Fsp3) is 0.667. The molecule has 0 aliphatic carbocycles. The van der Waals surface area contributed by atoms with Crippen molar-refractivity contribution in [1.82, 2.24) is 14.3 Å². The van der Waals surface area contributed by atoms with E-state index < -0.39 is 10.0 Å². The average Bonchev–Trinajstić information content (AvgIpc) is 2.36. The Labute approximate surface area is 119 Å². The number of rotatable bonds is 4. The standard InChI is InChI=1S/C12H18ClN3O2S/c1-19(17,18)16-7-3-2-4-11(16)6-5-10-8-12(13)15-9-14-10/h8-9,11H,2-7H2,1H3. The van der Waals surface area contributed by atoms with E-state index in [4.69, 9.17) is 11.6 Å². The van der Waals surface area contributed by atoms with Gasteiger partial charge in [0.2, 0.25) is 10.0 Å². The van der Waals surface area contributed by atoms with Gasteiger partial charge in [0.15, 0.2) is 0 Å². The molecule has 19 heavy (non-hydrogen) atoms. The summed E-state index contributed by atoms with van der Waals surface area (Å²) in [5.41, 5.74) is 0.860. The predicted molar refractivity (Wildman–Crippen MR) is 74.6 cm³/mol. The fourth-order valence-corrected chi connectivity index (χ4v) is 3.90. The van der Waals surface area contributed by atoms with Gasteiger partial charge in [-0.2, -0.15) is 4.31 Å². The van der Waals surface area contributed by atoms with Crippen LogP contribution in [0.15, 0.2) is 12.4 Å². The molecule has 0 aromatic carbocycles. The number of aromatic nitrogens is 2. The maximum atomic E-state index is 11.7. The van der Waals surface area contributed by atoms with Crippen LogP contribution >= 0.6 is 11.6 Å². The monoisotopic (exact) mass is 303 g/mol. The van der Waals surface area contributed by atoms with Gasteiger partial charge in [-0.05, 0) is 31.7 Å². The third kappa shape index (κ3) is 4.12. The third-order valence-electron chi connectivity index (χ3n) is 3.42. The van der Waals surface area contributed by atoms with Crippen LogP contribution in [0.4, 0.5) is 0 Å². The van der Waals surface area contributed by atoms with Crippen molar-refractivity contribution in [3.63, 3.8) is 0 Å². The molecule has 0 radical (unpaired) electrons. The molecule has 1 atom stereocenters. The minimum atomic E-state index is -3.11.